The van der Waals surface area contributed by atoms with Crippen molar-refractivity contribution < 1.29 is 19.5 Å². The van der Waals surface area contributed by atoms with Crippen LogP contribution in [0.15, 0.2) is 47.3 Å². The van der Waals surface area contributed by atoms with Crippen LogP contribution < -0.4 is 21.9 Å². The van der Waals surface area contributed by atoms with Gasteiger partial charge in [-0.2, -0.15) is 4.98 Å². The number of aliphatic carboxylic acids is 1. The number of nitrogens with one attached hydrogen (secondary N) is 3. The SMILES string of the molecule is CCC(=O)CC[C@H](NC(=O)c1ccc(NCc2ccc3[nH]c(N)nc(=O)c3c2)cc1)C(=O)O. The van der Waals surface area contributed by atoms with E-state index in [1.165, 1.54) is 0 Å². The molecule has 0 spiro atoms. The van der Waals surface area contributed by atoms with Crippen molar-refractivity contribution in [1.82, 2.24) is 15.3 Å². The summed E-state index contributed by atoms with van der Waals surface area (Å²) in [5.74, 6) is -1.70. The zero-order chi connectivity index (χ0) is 24.0. The molecule has 0 unspecified atom stereocenters. The molecule has 10 nitrogen and oxygen atoms in total. The molecule has 0 saturated carbocycles. The number of hydrogen-bond donors (Lipinski definition) is 5. The molecule has 0 fully saturated rings. The molecule has 0 aliphatic rings. The van der Waals surface area contributed by atoms with E-state index in [0.29, 0.717) is 29.4 Å². The number of aromatic nitrogens is 2. The second kappa shape index (κ2) is 10.4. The van der Waals surface area contributed by atoms with E-state index in [0.717, 1.165) is 11.3 Å². The number of carboxylic acids is 1. The van der Waals surface area contributed by atoms with Gasteiger partial charge in [0.2, 0.25) is 5.95 Å². The molecule has 1 amide bonds. The normalized spacial score (nSPS) is 11.7. The van der Waals surface area contributed by atoms with Crippen LogP contribution in [0, 0.1) is 0 Å². The summed E-state index contributed by atoms with van der Waals surface area (Å²) in [6.07, 6.45) is 0.473. The molecule has 2 aromatic carbocycles. The van der Waals surface area contributed by atoms with Crippen LogP contribution in [0.5, 0.6) is 0 Å². The molecule has 6 N–H and O–H groups in total. The van der Waals surface area contributed by atoms with Crippen LogP contribution in [-0.4, -0.2) is 38.8 Å². The van der Waals surface area contributed by atoms with Crippen LogP contribution in [-0.2, 0) is 16.1 Å². The number of hydrogen-bond acceptors (Lipinski definition) is 7. The Bertz CT molecular complexity index is 1240. The average Bonchev–Trinajstić information content (AvgIpc) is 2.80. The Morgan fingerprint density at radius 3 is 2.55 bits per heavy atom. The monoisotopic (exact) mass is 451 g/mol. The summed E-state index contributed by atoms with van der Waals surface area (Å²) in [7, 11) is 0. The van der Waals surface area contributed by atoms with Crippen molar-refractivity contribution in [3.05, 3.63) is 63.9 Å². The van der Waals surface area contributed by atoms with Crippen LogP contribution >= 0.6 is 0 Å². The molecule has 0 saturated heterocycles. The van der Waals surface area contributed by atoms with Gasteiger partial charge in [0.05, 0.1) is 10.9 Å². The molecule has 0 aliphatic heterocycles. The molecule has 0 aliphatic carbocycles. The van der Waals surface area contributed by atoms with E-state index in [1.807, 2.05) is 6.07 Å². The number of ketones is 1. The van der Waals surface area contributed by atoms with Crippen molar-refractivity contribution in [1.29, 1.82) is 0 Å². The first-order valence-corrected chi connectivity index (χ1v) is 10.4. The summed E-state index contributed by atoms with van der Waals surface area (Å²) in [6.45, 7) is 2.14. The number of carbonyl (C=O) groups is 3. The Morgan fingerprint density at radius 2 is 1.88 bits per heavy atom. The maximum atomic E-state index is 12.4. The number of nitrogens with zero attached hydrogens (tertiary/aromatic N) is 1. The average molecular weight is 451 g/mol. The van der Waals surface area contributed by atoms with E-state index >= 15 is 0 Å². The Balaban J connectivity index is 1.61. The van der Waals surface area contributed by atoms with Gasteiger partial charge < -0.3 is 26.5 Å². The molecule has 1 heterocycles. The maximum absolute atomic E-state index is 12.4. The van der Waals surface area contributed by atoms with Gasteiger partial charge in [0.25, 0.3) is 11.5 Å². The molecule has 1 aromatic heterocycles. The van der Waals surface area contributed by atoms with Gasteiger partial charge in [0, 0.05) is 30.6 Å². The zero-order valence-electron chi connectivity index (χ0n) is 18.1. The highest BCUT2D eigenvalue weighted by Gasteiger charge is 2.21. The van der Waals surface area contributed by atoms with E-state index < -0.39 is 23.5 Å². The lowest BCUT2D eigenvalue weighted by Gasteiger charge is -2.14. The van der Waals surface area contributed by atoms with Crippen molar-refractivity contribution in [2.45, 2.75) is 38.8 Å². The fourth-order valence-corrected chi connectivity index (χ4v) is 3.25. The number of carboxylic acid groups (broad SMARTS) is 1. The molecule has 10 heteroatoms. The van der Waals surface area contributed by atoms with Crippen molar-refractivity contribution in [3.63, 3.8) is 0 Å². The van der Waals surface area contributed by atoms with E-state index in [-0.39, 0.29) is 24.6 Å². The number of Topliss-reactive ketones (excluding diaryl/α,β-unsaturated/α-hetero) is 1. The molecule has 3 rings (SSSR count). The van der Waals surface area contributed by atoms with Gasteiger partial charge in [-0.1, -0.05) is 13.0 Å². The van der Waals surface area contributed by atoms with Gasteiger partial charge in [0.15, 0.2) is 0 Å². The highest BCUT2D eigenvalue weighted by atomic mass is 16.4. The van der Waals surface area contributed by atoms with Crippen LogP contribution in [0.1, 0.15) is 42.1 Å². The number of benzene rings is 2. The van der Waals surface area contributed by atoms with Crippen LogP contribution in [0.4, 0.5) is 11.6 Å². The highest BCUT2D eigenvalue weighted by molar-refractivity contribution is 5.97. The number of nitrogens with two attached hydrogens (primary N) is 1. The molecule has 0 radical (unpaired) electrons. The summed E-state index contributed by atoms with van der Waals surface area (Å²) in [5, 5.41) is 15.4. The minimum absolute atomic E-state index is 0.0457. The van der Waals surface area contributed by atoms with E-state index in [4.69, 9.17) is 5.73 Å². The predicted octanol–water partition coefficient (Wildman–Crippen LogP) is 2.06. The van der Waals surface area contributed by atoms with E-state index in [1.54, 1.807) is 43.3 Å². The number of aromatic amines is 1. The summed E-state index contributed by atoms with van der Waals surface area (Å²) in [5.41, 5.74) is 7.64. The number of nitrogen functional groups attached to an aromatic ring is 1. The van der Waals surface area contributed by atoms with Crippen molar-refractivity contribution in [3.8, 4) is 0 Å². The summed E-state index contributed by atoms with van der Waals surface area (Å²) >= 11 is 0. The minimum Gasteiger partial charge on any atom is -0.480 e. The van der Waals surface area contributed by atoms with Gasteiger partial charge in [-0.05, 0) is 48.4 Å². The second-order valence-corrected chi connectivity index (χ2v) is 7.53. The quantitative estimate of drug-likeness (QED) is 0.312. The van der Waals surface area contributed by atoms with Crippen LogP contribution in [0.2, 0.25) is 0 Å². The lowest BCUT2D eigenvalue weighted by Crippen LogP contribution is -2.41. The molecular weight excluding hydrogens is 426 g/mol. The molecule has 0 bridgehead atoms. The lowest BCUT2D eigenvalue weighted by molar-refractivity contribution is -0.139. The fraction of sp³-hybridized carbons (Fsp3) is 0.261. The largest absolute Gasteiger partial charge is 0.480 e. The summed E-state index contributed by atoms with van der Waals surface area (Å²) in [4.78, 5) is 53.8. The Kier molecular flexibility index (Phi) is 7.39. The number of fused-ring (bicyclic) bond motifs is 1. The topological polar surface area (TPSA) is 167 Å². The molecule has 172 valence electrons. The first kappa shape index (κ1) is 23.5. The third-order valence-corrected chi connectivity index (χ3v) is 5.15. The Hall–Kier alpha value is -4.21. The first-order chi connectivity index (χ1) is 15.8. The van der Waals surface area contributed by atoms with Crippen molar-refractivity contribution in [2.75, 3.05) is 11.1 Å². The third-order valence-electron chi connectivity index (χ3n) is 5.15. The fourth-order valence-electron chi connectivity index (χ4n) is 3.25. The maximum Gasteiger partial charge on any atom is 0.326 e. The van der Waals surface area contributed by atoms with Gasteiger partial charge in [-0.15, -0.1) is 0 Å². The standard InChI is InChI=1S/C23H25N5O5/c1-2-16(29)8-10-19(22(32)33)26-20(30)14-4-6-15(7-5-14)25-12-13-3-9-18-17(11-13)21(31)28-23(24)27-18/h3-7,9,11,19,25H,2,8,10,12H2,1H3,(H,26,30)(H,32,33)(H3,24,27,28,31)/t19-/m0/s1. The first-order valence-electron chi connectivity index (χ1n) is 10.4. The van der Waals surface area contributed by atoms with Crippen molar-refractivity contribution >= 4 is 40.2 Å². The van der Waals surface area contributed by atoms with Gasteiger partial charge >= 0.3 is 5.97 Å². The zero-order valence-corrected chi connectivity index (χ0v) is 18.1. The number of H-pyrrole nitrogens is 1. The van der Waals surface area contributed by atoms with Crippen LogP contribution in [0.3, 0.4) is 0 Å². The van der Waals surface area contributed by atoms with Gasteiger partial charge in [0.1, 0.15) is 11.8 Å². The smallest absolute Gasteiger partial charge is 0.326 e. The lowest BCUT2D eigenvalue weighted by atomic mass is 10.1. The number of rotatable bonds is 10. The number of carbonyl (C=O) groups excluding carboxylic acids is 2. The predicted molar refractivity (Wildman–Crippen MR) is 124 cm³/mol. The molecule has 33 heavy (non-hydrogen) atoms. The number of anilines is 2. The molecular formula is C23H25N5O5. The van der Waals surface area contributed by atoms with Crippen LogP contribution in [0.25, 0.3) is 10.9 Å². The minimum atomic E-state index is -1.18. The van der Waals surface area contributed by atoms with Crippen molar-refractivity contribution in [2.24, 2.45) is 0 Å². The molecule has 3 aromatic rings. The number of amides is 1. The molecule has 1 atom stereocenters. The third kappa shape index (κ3) is 6.16. The summed E-state index contributed by atoms with van der Waals surface area (Å²) < 4.78 is 0. The highest BCUT2D eigenvalue weighted by Crippen LogP contribution is 2.15. The second-order valence-electron chi connectivity index (χ2n) is 7.53. The van der Waals surface area contributed by atoms with E-state index in [9.17, 15) is 24.3 Å². The Morgan fingerprint density at radius 1 is 1.15 bits per heavy atom. The van der Waals surface area contributed by atoms with E-state index in [2.05, 4.69) is 20.6 Å². The Labute approximate surface area is 189 Å². The summed E-state index contributed by atoms with van der Waals surface area (Å²) in [6, 6.07) is 10.7. The van der Waals surface area contributed by atoms with Gasteiger partial charge in [-0.3, -0.25) is 14.4 Å². The van der Waals surface area contributed by atoms with Gasteiger partial charge in [-0.25, -0.2) is 4.79 Å².